The first-order valence-corrected chi connectivity index (χ1v) is 6.59. The molecule has 2 rings (SSSR count). The van der Waals surface area contributed by atoms with Crippen LogP contribution in [0.15, 0.2) is 27.8 Å². The van der Waals surface area contributed by atoms with E-state index in [9.17, 15) is 4.79 Å². The van der Waals surface area contributed by atoms with Gasteiger partial charge in [0.1, 0.15) is 0 Å². The van der Waals surface area contributed by atoms with Crippen molar-refractivity contribution >= 4 is 17.7 Å². The van der Waals surface area contributed by atoms with Crippen LogP contribution in [0.2, 0.25) is 0 Å². The summed E-state index contributed by atoms with van der Waals surface area (Å²) in [5.74, 6) is 1.15. The molecule has 0 saturated heterocycles. The summed E-state index contributed by atoms with van der Waals surface area (Å²) in [4.78, 5) is 10.7. The number of ether oxygens (including phenoxy) is 2. The third-order valence-corrected chi connectivity index (χ3v) is 3.22. The van der Waals surface area contributed by atoms with Gasteiger partial charge in [0.2, 0.25) is 11.8 Å². The number of methoxy groups -OCH3 is 2. The van der Waals surface area contributed by atoms with Gasteiger partial charge in [0.05, 0.1) is 20.0 Å². The van der Waals surface area contributed by atoms with E-state index in [1.165, 1.54) is 0 Å². The Bertz CT molecular complexity index is 614. The van der Waals surface area contributed by atoms with Crippen LogP contribution in [0, 0.1) is 0 Å². The first-order chi connectivity index (χ1) is 9.63. The van der Waals surface area contributed by atoms with Gasteiger partial charge in [-0.25, -0.2) is 0 Å². The van der Waals surface area contributed by atoms with Crippen molar-refractivity contribution < 1.29 is 18.7 Å². The van der Waals surface area contributed by atoms with E-state index in [-0.39, 0.29) is 11.0 Å². The fraction of sp³-hybridized carbons (Fsp3) is 0.250. The Morgan fingerprint density at radius 1 is 1.30 bits per heavy atom. The van der Waals surface area contributed by atoms with E-state index in [0.29, 0.717) is 23.0 Å². The van der Waals surface area contributed by atoms with Gasteiger partial charge in [-0.2, -0.15) is 0 Å². The van der Waals surface area contributed by atoms with Crippen molar-refractivity contribution in [1.29, 1.82) is 0 Å². The molecule has 7 nitrogen and oxygen atoms in total. The number of nitrogens with two attached hydrogens (primary N) is 1. The van der Waals surface area contributed by atoms with Gasteiger partial charge in [-0.3, -0.25) is 4.79 Å². The first kappa shape index (κ1) is 14.2. The molecule has 2 aromatic rings. The van der Waals surface area contributed by atoms with Crippen molar-refractivity contribution in [2.45, 2.75) is 5.22 Å². The summed E-state index contributed by atoms with van der Waals surface area (Å²) in [7, 11) is 3.10. The average molecular weight is 295 g/mol. The summed E-state index contributed by atoms with van der Waals surface area (Å²) < 4.78 is 15.8. The number of aromatic nitrogens is 2. The van der Waals surface area contributed by atoms with Gasteiger partial charge in [-0.15, -0.1) is 10.2 Å². The second-order valence-corrected chi connectivity index (χ2v) is 4.62. The van der Waals surface area contributed by atoms with Crippen LogP contribution in [0.4, 0.5) is 0 Å². The molecule has 0 aliphatic heterocycles. The van der Waals surface area contributed by atoms with Crippen LogP contribution < -0.4 is 15.2 Å². The molecule has 1 heterocycles. The molecule has 20 heavy (non-hydrogen) atoms. The van der Waals surface area contributed by atoms with Gasteiger partial charge in [0, 0.05) is 5.56 Å². The fourth-order valence-corrected chi connectivity index (χ4v) is 1.99. The summed E-state index contributed by atoms with van der Waals surface area (Å²) in [5.41, 5.74) is 5.74. The van der Waals surface area contributed by atoms with Crippen LogP contribution in [0.25, 0.3) is 11.5 Å². The molecule has 0 unspecified atom stereocenters. The molecule has 8 heteroatoms. The topological polar surface area (TPSA) is 100 Å². The van der Waals surface area contributed by atoms with Crippen molar-refractivity contribution in [2.75, 3.05) is 20.0 Å². The molecule has 0 atom stereocenters. The fourth-order valence-electron chi connectivity index (χ4n) is 1.49. The largest absolute Gasteiger partial charge is 0.493 e. The minimum atomic E-state index is -0.444. The van der Waals surface area contributed by atoms with Gasteiger partial charge < -0.3 is 19.6 Å². The lowest BCUT2D eigenvalue weighted by atomic mass is 10.2. The Morgan fingerprint density at radius 2 is 2.05 bits per heavy atom. The van der Waals surface area contributed by atoms with Gasteiger partial charge >= 0.3 is 0 Å². The number of hydrogen-bond acceptors (Lipinski definition) is 7. The molecule has 0 aliphatic carbocycles. The molecule has 106 valence electrons. The number of hydrogen-bond donors (Lipinski definition) is 1. The monoisotopic (exact) mass is 295 g/mol. The Morgan fingerprint density at radius 3 is 2.70 bits per heavy atom. The lowest BCUT2D eigenvalue weighted by Gasteiger charge is -2.07. The number of thioether (sulfide) groups is 1. The zero-order chi connectivity index (χ0) is 14.5. The van der Waals surface area contributed by atoms with E-state index in [1.807, 2.05) is 0 Å². The minimum absolute atomic E-state index is 0.0908. The van der Waals surface area contributed by atoms with Crippen LogP contribution in [-0.2, 0) is 4.79 Å². The summed E-state index contributed by atoms with van der Waals surface area (Å²) >= 11 is 1.09. The smallest absolute Gasteiger partial charge is 0.277 e. The second kappa shape index (κ2) is 6.29. The number of carbonyl (C=O) groups excluding carboxylic acids is 1. The van der Waals surface area contributed by atoms with Crippen LogP contribution >= 0.6 is 11.8 Å². The molecule has 1 aromatic carbocycles. The average Bonchev–Trinajstić information content (AvgIpc) is 2.93. The predicted molar refractivity (Wildman–Crippen MR) is 72.8 cm³/mol. The zero-order valence-electron chi connectivity index (χ0n) is 11.0. The molecule has 0 radical (unpaired) electrons. The molecule has 1 aromatic heterocycles. The predicted octanol–water partition coefficient (Wildman–Crippen LogP) is 1.33. The van der Waals surface area contributed by atoms with E-state index < -0.39 is 5.91 Å². The SMILES string of the molecule is COc1ccc(-c2nnc(SCC(N)=O)o2)cc1OC. The molecule has 1 amide bonds. The number of carbonyl (C=O) groups is 1. The highest BCUT2D eigenvalue weighted by Crippen LogP contribution is 2.32. The number of amides is 1. The Balaban J connectivity index is 2.21. The third-order valence-electron chi connectivity index (χ3n) is 2.37. The third kappa shape index (κ3) is 3.21. The first-order valence-electron chi connectivity index (χ1n) is 5.61. The number of benzene rings is 1. The van der Waals surface area contributed by atoms with Gasteiger partial charge in [0.25, 0.3) is 5.22 Å². The standard InChI is InChI=1S/C12H13N3O4S/c1-17-8-4-3-7(5-9(8)18-2)11-14-15-12(19-11)20-6-10(13)16/h3-5H,6H2,1-2H3,(H2,13,16). The van der Waals surface area contributed by atoms with Gasteiger partial charge in [-0.1, -0.05) is 11.8 Å². The number of rotatable bonds is 6. The lowest BCUT2D eigenvalue weighted by Crippen LogP contribution is -2.12. The van der Waals surface area contributed by atoms with Gasteiger partial charge in [0.15, 0.2) is 11.5 Å². The highest BCUT2D eigenvalue weighted by Gasteiger charge is 2.12. The summed E-state index contributed by atoms with van der Waals surface area (Å²) in [6, 6.07) is 5.25. The van der Waals surface area contributed by atoms with Crippen molar-refractivity contribution in [1.82, 2.24) is 10.2 Å². The molecule has 2 N–H and O–H groups in total. The van der Waals surface area contributed by atoms with Crippen LogP contribution in [0.3, 0.4) is 0 Å². The highest BCUT2D eigenvalue weighted by molar-refractivity contribution is 7.99. The second-order valence-electron chi connectivity index (χ2n) is 3.70. The maximum Gasteiger partial charge on any atom is 0.277 e. The normalized spacial score (nSPS) is 10.3. The van der Waals surface area contributed by atoms with Crippen molar-refractivity contribution in [2.24, 2.45) is 5.73 Å². The Hall–Kier alpha value is -2.22. The summed E-state index contributed by atoms with van der Waals surface area (Å²) in [6.07, 6.45) is 0. The maximum absolute atomic E-state index is 10.7. The van der Waals surface area contributed by atoms with E-state index in [1.54, 1.807) is 32.4 Å². The van der Waals surface area contributed by atoms with Crippen LogP contribution in [0.1, 0.15) is 0 Å². The molecule has 0 spiro atoms. The Kier molecular flexibility index (Phi) is 4.46. The summed E-state index contributed by atoms with van der Waals surface area (Å²) in [6.45, 7) is 0. The quantitative estimate of drug-likeness (QED) is 0.802. The lowest BCUT2D eigenvalue weighted by molar-refractivity contribution is -0.115. The molecular weight excluding hydrogens is 282 g/mol. The molecular formula is C12H13N3O4S. The Labute approximate surface area is 119 Å². The molecule has 0 fully saturated rings. The van der Waals surface area contributed by atoms with Crippen molar-refractivity contribution in [3.8, 4) is 23.0 Å². The molecule has 0 bridgehead atoms. The van der Waals surface area contributed by atoms with E-state index in [0.717, 1.165) is 11.8 Å². The van der Waals surface area contributed by atoms with Crippen LogP contribution in [0.5, 0.6) is 11.5 Å². The van der Waals surface area contributed by atoms with Crippen molar-refractivity contribution in [3.05, 3.63) is 18.2 Å². The number of nitrogens with zero attached hydrogens (tertiary/aromatic N) is 2. The van der Waals surface area contributed by atoms with Crippen LogP contribution in [-0.4, -0.2) is 36.1 Å². The molecule has 0 aliphatic rings. The summed E-state index contributed by atoms with van der Waals surface area (Å²) in [5, 5.41) is 8.02. The maximum atomic E-state index is 10.7. The molecule has 0 saturated carbocycles. The van der Waals surface area contributed by atoms with Crippen molar-refractivity contribution in [3.63, 3.8) is 0 Å². The van der Waals surface area contributed by atoms with Gasteiger partial charge in [-0.05, 0) is 18.2 Å². The van der Waals surface area contributed by atoms with E-state index in [4.69, 9.17) is 19.6 Å². The van der Waals surface area contributed by atoms with E-state index >= 15 is 0 Å². The zero-order valence-corrected chi connectivity index (χ0v) is 11.8. The number of primary amides is 1. The highest BCUT2D eigenvalue weighted by atomic mass is 32.2. The van der Waals surface area contributed by atoms with E-state index in [2.05, 4.69) is 10.2 Å². The minimum Gasteiger partial charge on any atom is -0.493 e.